The van der Waals surface area contributed by atoms with Gasteiger partial charge in [0.1, 0.15) is 11.5 Å². The van der Waals surface area contributed by atoms with Crippen LogP contribution in [0, 0.1) is 10.1 Å². The molecule has 0 aliphatic heterocycles. The standard InChI is InChI=1S/C16H13N3O5/c1-2-22-15-9-13(7-8-14(15)19(20)21)24-12-5-3-11(4-6-12)16-18-17-10-23-16/h3-10H,2H2,1H3. The second kappa shape index (κ2) is 6.78. The molecule has 8 heteroatoms. The smallest absolute Gasteiger partial charge is 0.311 e. The largest absolute Gasteiger partial charge is 0.487 e. The maximum atomic E-state index is 11.0. The molecular weight excluding hydrogens is 314 g/mol. The Morgan fingerprint density at radius 2 is 1.92 bits per heavy atom. The van der Waals surface area contributed by atoms with E-state index in [0.29, 0.717) is 24.0 Å². The van der Waals surface area contributed by atoms with Crippen LogP contribution in [0.5, 0.6) is 17.2 Å². The molecule has 0 N–H and O–H groups in total. The summed E-state index contributed by atoms with van der Waals surface area (Å²) < 4.78 is 16.1. The number of ether oxygens (including phenoxy) is 2. The summed E-state index contributed by atoms with van der Waals surface area (Å²) in [6, 6.07) is 11.4. The highest BCUT2D eigenvalue weighted by molar-refractivity contribution is 5.55. The highest BCUT2D eigenvalue weighted by atomic mass is 16.6. The van der Waals surface area contributed by atoms with Gasteiger partial charge in [0.25, 0.3) is 0 Å². The first-order valence-corrected chi connectivity index (χ1v) is 7.13. The number of hydrogen-bond acceptors (Lipinski definition) is 7. The fraction of sp³-hybridized carbons (Fsp3) is 0.125. The van der Waals surface area contributed by atoms with Gasteiger partial charge in [0, 0.05) is 17.7 Å². The van der Waals surface area contributed by atoms with Gasteiger partial charge in [0.2, 0.25) is 18.0 Å². The molecule has 24 heavy (non-hydrogen) atoms. The number of rotatable bonds is 6. The highest BCUT2D eigenvalue weighted by Gasteiger charge is 2.16. The van der Waals surface area contributed by atoms with Crippen LogP contribution in [0.25, 0.3) is 11.5 Å². The molecule has 0 saturated carbocycles. The van der Waals surface area contributed by atoms with E-state index in [4.69, 9.17) is 13.9 Å². The van der Waals surface area contributed by atoms with Crippen molar-refractivity contribution in [2.24, 2.45) is 0 Å². The zero-order valence-electron chi connectivity index (χ0n) is 12.7. The number of hydrogen-bond donors (Lipinski definition) is 0. The van der Waals surface area contributed by atoms with Crippen molar-refractivity contribution in [2.75, 3.05) is 6.61 Å². The van der Waals surface area contributed by atoms with Crippen molar-refractivity contribution < 1.29 is 18.8 Å². The van der Waals surface area contributed by atoms with Gasteiger partial charge in [-0.2, -0.15) is 0 Å². The number of nitro benzene ring substituents is 1. The third-order valence-corrected chi connectivity index (χ3v) is 3.12. The van der Waals surface area contributed by atoms with Crippen LogP contribution in [-0.2, 0) is 0 Å². The Labute approximate surface area is 136 Å². The number of nitrogens with zero attached hydrogens (tertiary/aromatic N) is 3. The third kappa shape index (κ3) is 3.32. The minimum atomic E-state index is -0.492. The van der Waals surface area contributed by atoms with Crippen LogP contribution >= 0.6 is 0 Å². The lowest BCUT2D eigenvalue weighted by atomic mass is 10.2. The van der Waals surface area contributed by atoms with Gasteiger partial charge in [-0.25, -0.2) is 0 Å². The molecule has 0 amide bonds. The van der Waals surface area contributed by atoms with Crippen LogP contribution in [-0.4, -0.2) is 21.7 Å². The van der Waals surface area contributed by atoms with Gasteiger partial charge in [-0.15, -0.1) is 10.2 Å². The Balaban J connectivity index is 1.80. The van der Waals surface area contributed by atoms with E-state index in [9.17, 15) is 10.1 Å². The predicted octanol–water partition coefficient (Wildman–Crippen LogP) is 3.84. The average Bonchev–Trinajstić information content (AvgIpc) is 3.10. The Morgan fingerprint density at radius 3 is 2.54 bits per heavy atom. The number of nitro groups is 1. The molecule has 0 spiro atoms. The lowest BCUT2D eigenvalue weighted by molar-refractivity contribution is -0.385. The monoisotopic (exact) mass is 327 g/mol. The highest BCUT2D eigenvalue weighted by Crippen LogP contribution is 2.33. The average molecular weight is 327 g/mol. The van der Waals surface area contributed by atoms with E-state index in [1.165, 1.54) is 24.6 Å². The van der Waals surface area contributed by atoms with E-state index >= 15 is 0 Å². The summed E-state index contributed by atoms with van der Waals surface area (Å²) in [7, 11) is 0. The number of benzene rings is 2. The van der Waals surface area contributed by atoms with Crippen molar-refractivity contribution in [1.29, 1.82) is 0 Å². The van der Waals surface area contributed by atoms with E-state index in [2.05, 4.69) is 10.2 Å². The van der Waals surface area contributed by atoms with E-state index in [1.807, 2.05) is 0 Å². The van der Waals surface area contributed by atoms with Gasteiger partial charge >= 0.3 is 5.69 Å². The summed E-state index contributed by atoms with van der Waals surface area (Å²) in [4.78, 5) is 10.5. The molecule has 3 rings (SSSR count). The van der Waals surface area contributed by atoms with Crippen molar-refractivity contribution in [3.8, 4) is 28.7 Å². The maximum Gasteiger partial charge on any atom is 0.311 e. The Morgan fingerprint density at radius 1 is 1.17 bits per heavy atom. The molecule has 1 aromatic heterocycles. The predicted molar refractivity (Wildman–Crippen MR) is 84.1 cm³/mol. The van der Waals surface area contributed by atoms with Crippen molar-refractivity contribution >= 4 is 5.69 Å². The summed E-state index contributed by atoms with van der Waals surface area (Å²) >= 11 is 0. The van der Waals surface area contributed by atoms with Crippen LogP contribution in [0.3, 0.4) is 0 Å². The van der Waals surface area contributed by atoms with Crippen molar-refractivity contribution in [2.45, 2.75) is 6.92 Å². The Hall–Kier alpha value is -3.42. The molecule has 0 saturated heterocycles. The van der Waals surface area contributed by atoms with Gasteiger partial charge in [0.15, 0.2) is 0 Å². The minimum absolute atomic E-state index is 0.101. The lowest BCUT2D eigenvalue weighted by Gasteiger charge is -2.09. The molecule has 0 aliphatic carbocycles. The maximum absolute atomic E-state index is 11.0. The normalized spacial score (nSPS) is 10.4. The molecule has 0 aliphatic rings. The first kappa shape index (κ1) is 15.5. The molecule has 3 aromatic rings. The van der Waals surface area contributed by atoms with Gasteiger partial charge in [-0.05, 0) is 37.3 Å². The van der Waals surface area contributed by atoms with Crippen LogP contribution in [0.2, 0.25) is 0 Å². The molecule has 0 fully saturated rings. The number of aromatic nitrogens is 2. The first-order valence-electron chi connectivity index (χ1n) is 7.13. The molecular formula is C16H13N3O5. The summed E-state index contributed by atoms with van der Waals surface area (Å²) in [6.45, 7) is 2.08. The molecule has 122 valence electrons. The molecule has 0 atom stereocenters. The minimum Gasteiger partial charge on any atom is -0.487 e. The second-order valence-electron chi connectivity index (χ2n) is 4.69. The zero-order chi connectivity index (χ0) is 16.9. The van der Waals surface area contributed by atoms with E-state index < -0.39 is 4.92 Å². The lowest BCUT2D eigenvalue weighted by Crippen LogP contribution is -1.98. The molecule has 8 nitrogen and oxygen atoms in total. The van der Waals surface area contributed by atoms with Gasteiger partial charge in [0.05, 0.1) is 11.5 Å². The quantitative estimate of drug-likeness (QED) is 0.501. The van der Waals surface area contributed by atoms with Gasteiger partial charge < -0.3 is 13.9 Å². The second-order valence-corrected chi connectivity index (χ2v) is 4.69. The molecule has 1 heterocycles. The summed E-state index contributed by atoms with van der Waals surface area (Å²) in [5.41, 5.74) is 0.662. The SMILES string of the molecule is CCOc1cc(Oc2ccc(-c3nnco3)cc2)ccc1[N+](=O)[O-]. The zero-order valence-corrected chi connectivity index (χ0v) is 12.7. The molecule has 2 aromatic carbocycles. The summed E-state index contributed by atoms with van der Waals surface area (Å²) in [5, 5.41) is 18.4. The van der Waals surface area contributed by atoms with Crippen LogP contribution < -0.4 is 9.47 Å². The van der Waals surface area contributed by atoms with E-state index in [0.717, 1.165) is 5.56 Å². The van der Waals surface area contributed by atoms with Crippen LogP contribution in [0.1, 0.15) is 6.92 Å². The third-order valence-electron chi connectivity index (χ3n) is 3.12. The van der Waals surface area contributed by atoms with E-state index in [-0.39, 0.29) is 11.4 Å². The summed E-state index contributed by atoms with van der Waals surface area (Å²) in [5.74, 6) is 1.59. The first-order chi connectivity index (χ1) is 11.7. The fourth-order valence-corrected chi connectivity index (χ4v) is 2.08. The van der Waals surface area contributed by atoms with Crippen LogP contribution in [0.4, 0.5) is 5.69 Å². The fourth-order valence-electron chi connectivity index (χ4n) is 2.08. The summed E-state index contributed by atoms with van der Waals surface area (Å²) in [6.07, 6.45) is 1.26. The van der Waals surface area contributed by atoms with Crippen molar-refractivity contribution in [3.63, 3.8) is 0 Å². The van der Waals surface area contributed by atoms with Crippen molar-refractivity contribution in [1.82, 2.24) is 10.2 Å². The Bertz CT molecular complexity index is 831. The van der Waals surface area contributed by atoms with Crippen LogP contribution in [0.15, 0.2) is 53.3 Å². The molecule has 0 bridgehead atoms. The molecule has 0 radical (unpaired) electrons. The topological polar surface area (TPSA) is 101 Å². The van der Waals surface area contributed by atoms with Gasteiger partial charge in [-0.1, -0.05) is 0 Å². The van der Waals surface area contributed by atoms with Gasteiger partial charge in [-0.3, -0.25) is 10.1 Å². The molecule has 0 unspecified atom stereocenters. The van der Waals surface area contributed by atoms with E-state index in [1.54, 1.807) is 31.2 Å². The van der Waals surface area contributed by atoms with Crippen molar-refractivity contribution in [3.05, 3.63) is 59.0 Å². The Kier molecular flexibility index (Phi) is 4.37.